The third kappa shape index (κ3) is 25.7. The monoisotopic (exact) mass is 615 g/mol. The molecule has 0 aliphatic heterocycles. The highest BCUT2D eigenvalue weighted by molar-refractivity contribution is 4.68. The van der Waals surface area contributed by atoms with Crippen LogP contribution in [-0.2, 0) is 23.7 Å². The van der Waals surface area contributed by atoms with Gasteiger partial charge in [0.05, 0.1) is 30.5 Å². The average Bonchev–Trinajstić information content (AvgIpc) is 2.87. The third-order valence-corrected chi connectivity index (χ3v) is 7.68. The summed E-state index contributed by atoms with van der Waals surface area (Å²) in [4.78, 5) is 0. The van der Waals surface area contributed by atoms with E-state index in [9.17, 15) is 0 Å². The van der Waals surface area contributed by atoms with Crippen LogP contribution >= 0.6 is 0 Å². The zero-order valence-electron chi connectivity index (χ0n) is 31.0. The minimum absolute atomic E-state index is 0.0597. The van der Waals surface area contributed by atoms with Crippen LogP contribution in [-0.4, -0.2) is 42.8 Å². The summed E-state index contributed by atoms with van der Waals surface area (Å²) in [5.41, 5.74) is 0. The van der Waals surface area contributed by atoms with E-state index in [2.05, 4.69) is 76.2 Å². The lowest BCUT2D eigenvalue weighted by Crippen LogP contribution is -2.44. The second-order valence-electron chi connectivity index (χ2n) is 14.3. The zero-order chi connectivity index (χ0) is 32.5. The minimum Gasteiger partial charge on any atom is -0.350 e. The van der Waals surface area contributed by atoms with Crippen molar-refractivity contribution in [2.24, 2.45) is 5.92 Å². The fourth-order valence-corrected chi connectivity index (χ4v) is 5.89. The molecule has 0 aliphatic rings. The van der Waals surface area contributed by atoms with Crippen molar-refractivity contribution in [3.05, 3.63) is 0 Å². The lowest BCUT2D eigenvalue weighted by Gasteiger charge is -2.37. The summed E-state index contributed by atoms with van der Waals surface area (Å²) in [5.74, 6) is -0.422. The van der Waals surface area contributed by atoms with E-state index in [-0.39, 0.29) is 36.8 Å². The van der Waals surface area contributed by atoms with Gasteiger partial charge in [0.25, 0.3) is 5.97 Å². The summed E-state index contributed by atoms with van der Waals surface area (Å²) in [6.07, 6.45) is 24.7. The van der Waals surface area contributed by atoms with E-state index >= 15 is 0 Å². The molecule has 0 aromatic heterocycles. The van der Waals surface area contributed by atoms with Crippen LogP contribution < -0.4 is 0 Å². The van der Waals surface area contributed by atoms with E-state index in [0.717, 1.165) is 12.8 Å². The highest BCUT2D eigenvalue weighted by atomic mass is 16.9. The molecule has 0 spiro atoms. The molecule has 1 unspecified atom stereocenters. The van der Waals surface area contributed by atoms with Crippen LogP contribution in [0.1, 0.15) is 198 Å². The molecule has 5 nitrogen and oxygen atoms in total. The van der Waals surface area contributed by atoms with Gasteiger partial charge in [-0.3, -0.25) is 0 Å². The molecular weight excluding hydrogens is 536 g/mol. The van der Waals surface area contributed by atoms with Gasteiger partial charge in [-0.2, -0.15) is 0 Å². The van der Waals surface area contributed by atoms with Crippen LogP contribution in [0.3, 0.4) is 0 Å². The van der Waals surface area contributed by atoms with E-state index in [4.69, 9.17) is 23.7 Å². The molecular formula is C38H78O5. The molecule has 0 rings (SSSR count). The molecule has 1 atom stereocenters. The molecule has 0 amide bonds. The smallest absolute Gasteiger partial charge is 0.283 e. The Bertz CT molecular complexity index is 552. The summed E-state index contributed by atoms with van der Waals surface area (Å²) in [7, 11) is 0. The van der Waals surface area contributed by atoms with Crippen molar-refractivity contribution in [1.82, 2.24) is 0 Å². The topological polar surface area (TPSA) is 46.2 Å². The number of rotatable bonds is 31. The van der Waals surface area contributed by atoms with Gasteiger partial charge in [0.2, 0.25) is 0 Å². The Morgan fingerprint density at radius 3 is 1.05 bits per heavy atom. The molecule has 0 heterocycles. The van der Waals surface area contributed by atoms with Crippen molar-refractivity contribution in [2.45, 2.75) is 241 Å². The summed E-state index contributed by atoms with van der Waals surface area (Å²) in [6, 6.07) is 0. The van der Waals surface area contributed by atoms with Gasteiger partial charge in [0, 0.05) is 12.3 Å². The van der Waals surface area contributed by atoms with E-state index in [0.29, 0.717) is 5.92 Å². The van der Waals surface area contributed by atoms with E-state index in [1.807, 2.05) is 0 Å². The van der Waals surface area contributed by atoms with E-state index in [1.54, 1.807) is 0 Å². The summed E-state index contributed by atoms with van der Waals surface area (Å²) >= 11 is 0. The normalized spacial score (nSPS) is 13.6. The van der Waals surface area contributed by atoms with Crippen molar-refractivity contribution in [2.75, 3.05) is 0 Å². The zero-order valence-corrected chi connectivity index (χ0v) is 31.0. The molecule has 43 heavy (non-hydrogen) atoms. The first-order chi connectivity index (χ1) is 20.4. The van der Waals surface area contributed by atoms with Crippen LogP contribution in [0.4, 0.5) is 0 Å². The number of unbranched alkanes of at least 4 members (excludes halogenated alkanes) is 14. The van der Waals surface area contributed by atoms with Crippen molar-refractivity contribution in [3.8, 4) is 0 Å². The summed E-state index contributed by atoms with van der Waals surface area (Å²) < 4.78 is 31.2. The van der Waals surface area contributed by atoms with Gasteiger partial charge < -0.3 is 23.7 Å². The Balaban J connectivity index is 4.44. The lowest BCUT2D eigenvalue weighted by atomic mass is 9.93. The second-order valence-corrected chi connectivity index (χ2v) is 14.3. The van der Waals surface area contributed by atoms with Crippen LogP contribution in [0, 0.1) is 5.92 Å². The van der Waals surface area contributed by atoms with Crippen LogP contribution in [0.5, 0.6) is 0 Å². The molecule has 0 radical (unpaired) electrons. The van der Waals surface area contributed by atoms with Gasteiger partial charge in [-0.1, -0.05) is 103 Å². The molecule has 0 aliphatic carbocycles. The van der Waals surface area contributed by atoms with Crippen LogP contribution in [0.25, 0.3) is 0 Å². The highest BCUT2D eigenvalue weighted by Crippen LogP contribution is 2.29. The van der Waals surface area contributed by atoms with Gasteiger partial charge in [0.1, 0.15) is 0 Å². The standard InChI is InChI=1S/C38H78O5/c1-12-13-14-15-19-22-25-28-36(37(39-31(2)3)40-32(4)5)29-26-23-20-17-16-18-21-24-27-30-38(41-33(6)7,42-34(8)9)43-35(10)11/h31-37H,12-30H2,1-11H3. The Kier molecular flexibility index (Phi) is 26.8. The Labute approximate surface area is 270 Å². The van der Waals surface area contributed by atoms with Gasteiger partial charge >= 0.3 is 0 Å². The first-order valence-electron chi connectivity index (χ1n) is 18.7. The van der Waals surface area contributed by atoms with Crippen LogP contribution in [0.2, 0.25) is 0 Å². The lowest BCUT2D eigenvalue weighted by molar-refractivity contribution is -0.412. The maximum atomic E-state index is 6.31. The second kappa shape index (κ2) is 27.0. The average molecular weight is 615 g/mol. The quantitative estimate of drug-likeness (QED) is 0.0574. The molecule has 0 aromatic rings. The molecule has 260 valence electrons. The Hall–Kier alpha value is -0.200. The predicted octanol–water partition coefficient (Wildman–Crippen LogP) is 12.1. The maximum absolute atomic E-state index is 6.31. The van der Waals surface area contributed by atoms with E-state index < -0.39 is 5.97 Å². The van der Waals surface area contributed by atoms with Crippen molar-refractivity contribution in [3.63, 3.8) is 0 Å². The number of hydrogen-bond donors (Lipinski definition) is 0. The highest BCUT2D eigenvalue weighted by Gasteiger charge is 2.36. The van der Waals surface area contributed by atoms with Gasteiger partial charge in [-0.15, -0.1) is 0 Å². The van der Waals surface area contributed by atoms with E-state index in [1.165, 1.54) is 109 Å². The summed E-state index contributed by atoms with van der Waals surface area (Å²) in [5, 5.41) is 0. The molecule has 0 saturated carbocycles. The van der Waals surface area contributed by atoms with Gasteiger partial charge in [-0.25, -0.2) is 0 Å². The number of ether oxygens (including phenoxy) is 5. The molecule has 0 fully saturated rings. The number of hydrogen-bond acceptors (Lipinski definition) is 5. The first-order valence-corrected chi connectivity index (χ1v) is 18.7. The van der Waals surface area contributed by atoms with Crippen molar-refractivity contribution < 1.29 is 23.7 Å². The predicted molar refractivity (Wildman–Crippen MR) is 185 cm³/mol. The third-order valence-electron chi connectivity index (χ3n) is 7.68. The Morgan fingerprint density at radius 2 is 0.721 bits per heavy atom. The largest absolute Gasteiger partial charge is 0.350 e. The fraction of sp³-hybridized carbons (Fsp3) is 1.00. The summed E-state index contributed by atoms with van der Waals surface area (Å²) in [6.45, 7) is 23.1. The molecule has 0 saturated heterocycles. The molecule has 5 heteroatoms. The van der Waals surface area contributed by atoms with Crippen molar-refractivity contribution in [1.29, 1.82) is 0 Å². The SMILES string of the molecule is CCCCCCCCCC(CCCCCCCCCCCC(OC(C)C)(OC(C)C)OC(C)C)C(OC(C)C)OC(C)C. The van der Waals surface area contributed by atoms with Crippen molar-refractivity contribution >= 4 is 0 Å². The van der Waals surface area contributed by atoms with Crippen LogP contribution in [0.15, 0.2) is 0 Å². The van der Waals surface area contributed by atoms with Gasteiger partial charge in [0.15, 0.2) is 6.29 Å². The molecule has 0 aromatic carbocycles. The Morgan fingerprint density at radius 1 is 0.395 bits per heavy atom. The molecule has 0 bridgehead atoms. The molecule has 0 N–H and O–H groups in total. The fourth-order valence-electron chi connectivity index (χ4n) is 5.89. The first kappa shape index (κ1) is 42.8. The maximum Gasteiger partial charge on any atom is 0.283 e. The van der Waals surface area contributed by atoms with Gasteiger partial charge in [-0.05, 0) is 88.5 Å². The minimum atomic E-state index is -0.928.